The predicted molar refractivity (Wildman–Crippen MR) is 175 cm³/mol. The summed E-state index contributed by atoms with van der Waals surface area (Å²) >= 11 is 19.7. The molecule has 1 fully saturated rings. The Hall–Kier alpha value is -3.75. The van der Waals surface area contributed by atoms with E-state index in [-0.39, 0.29) is 18.4 Å². The van der Waals surface area contributed by atoms with Gasteiger partial charge >= 0.3 is 0 Å². The summed E-state index contributed by atoms with van der Waals surface area (Å²) in [4.78, 5) is 32.8. The van der Waals surface area contributed by atoms with Crippen LogP contribution >= 0.6 is 46.6 Å². The van der Waals surface area contributed by atoms with Crippen LogP contribution in [0.3, 0.4) is 0 Å². The highest BCUT2D eigenvalue weighted by atomic mass is 35.5. The van der Waals surface area contributed by atoms with E-state index in [1.807, 2.05) is 62.4 Å². The molecule has 0 radical (unpaired) electrons. The van der Waals surface area contributed by atoms with Crippen LogP contribution in [-0.2, 0) is 9.59 Å². The molecule has 1 heterocycles. The molecule has 0 aliphatic carbocycles. The second-order valence-electron chi connectivity index (χ2n) is 9.47. The average Bonchev–Trinajstić information content (AvgIpc) is 3.26. The quantitative estimate of drug-likeness (QED) is 0.206. The molecule has 0 atom stereocenters. The second-order valence-corrected chi connectivity index (χ2v) is 11.7. The molecule has 0 unspecified atom stereocenters. The van der Waals surface area contributed by atoms with Gasteiger partial charge in [-0.05, 0) is 91.8 Å². The van der Waals surface area contributed by atoms with Crippen molar-refractivity contribution in [1.82, 2.24) is 0 Å². The van der Waals surface area contributed by atoms with Gasteiger partial charge in [0.15, 0.2) is 11.8 Å². The number of carbonyl (C=O) groups excluding carboxylic acids is 2. The molecule has 1 aliphatic rings. The van der Waals surface area contributed by atoms with Gasteiger partial charge < -0.3 is 10.1 Å². The van der Waals surface area contributed by atoms with E-state index in [1.54, 1.807) is 47.4 Å². The number of thioether (sulfide) groups is 1. The van der Waals surface area contributed by atoms with Gasteiger partial charge in [0.25, 0.3) is 11.8 Å². The first-order chi connectivity index (χ1) is 20.2. The van der Waals surface area contributed by atoms with Gasteiger partial charge in [0.05, 0.1) is 31.3 Å². The van der Waals surface area contributed by atoms with E-state index in [1.165, 1.54) is 11.8 Å². The maximum atomic E-state index is 13.6. The first kappa shape index (κ1) is 29.7. The topological polar surface area (TPSA) is 71.0 Å². The second kappa shape index (κ2) is 13.0. The van der Waals surface area contributed by atoms with Crippen molar-refractivity contribution in [2.45, 2.75) is 13.8 Å². The SMILES string of the molecule is Cc1ccc(N=C2S/C(=C/c3ccc(OCC(=O)Nc4ccc(Cl)c(Cl)c4)c(Cl)c3)C(=O)N2c2ccc(C)cc2)cc1. The lowest BCUT2D eigenvalue weighted by Crippen LogP contribution is -2.28. The summed E-state index contributed by atoms with van der Waals surface area (Å²) in [5.41, 5.74) is 4.89. The molecule has 42 heavy (non-hydrogen) atoms. The molecule has 0 bridgehead atoms. The number of ether oxygens (including phenoxy) is 1. The van der Waals surface area contributed by atoms with Crippen molar-refractivity contribution in [1.29, 1.82) is 0 Å². The Kier molecular flexibility index (Phi) is 9.24. The maximum Gasteiger partial charge on any atom is 0.271 e. The summed E-state index contributed by atoms with van der Waals surface area (Å²) in [6.07, 6.45) is 1.76. The van der Waals surface area contributed by atoms with Crippen molar-refractivity contribution >= 4 is 86.7 Å². The van der Waals surface area contributed by atoms with E-state index in [0.29, 0.717) is 42.1 Å². The lowest BCUT2D eigenvalue weighted by atomic mass is 10.2. The molecule has 1 aliphatic heterocycles. The van der Waals surface area contributed by atoms with E-state index in [0.717, 1.165) is 22.5 Å². The third-order valence-electron chi connectivity index (χ3n) is 6.17. The van der Waals surface area contributed by atoms with Crippen LogP contribution in [0.15, 0.2) is 94.8 Å². The molecule has 212 valence electrons. The molecule has 0 aromatic heterocycles. The summed E-state index contributed by atoms with van der Waals surface area (Å²) in [5.74, 6) is -0.248. The first-order valence-corrected chi connectivity index (χ1v) is 14.7. The highest BCUT2D eigenvalue weighted by molar-refractivity contribution is 8.19. The molecule has 1 N–H and O–H groups in total. The van der Waals surface area contributed by atoms with Crippen LogP contribution in [0.4, 0.5) is 17.1 Å². The lowest BCUT2D eigenvalue weighted by molar-refractivity contribution is -0.118. The van der Waals surface area contributed by atoms with Crippen molar-refractivity contribution in [2.75, 3.05) is 16.8 Å². The molecule has 4 aromatic rings. The predicted octanol–water partition coefficient (Wildman–Crippen LogP) is 9.09. The van der Waals surface area contributed by atoms with Crippen LogP contribution in [0.2, 0.25) is 15.1 Å². The number of amidine groups is 1. The number of halogens is 3. The zero-order valence-corrected chi connectivity index (χ0v) is 25.6. The Morgan fingerprint density at radius 3 is 2.24 bits per heavy atom. The van der Waals surface area contributed by atoms with E-state index in [9.17, 15) is 9.59 Å². The third-order valence-corrected chi connectivity index (χ3v) is 8.18. The summed E-state index contributed by atoms with van der Waals surface area (Å²) in [6, 6.07) is 25.4. The normalized spacial score (nSPS) is 15.0. The number of hydrogen-bond donors (Lipinski definition) is 1. The Balaban J connectivity index is 1.33. The van der Waals surface area contributed by atoms with Gasteiger partial charge in [0, 0.05) is 5.69 Å². The molecule has 10 heteroatoms. The molecule has 1 saturated heterocycles. The molecular formula is C32H24Cl3N3O3S. The minimum atomic E-state index is -0.389. The molecule has 0 saturated carbocycles. The smallest absolute Gasteiger partial charge is 0.271 e. The number of amides is 2. The maximum absolute atomic E-state index is 13.6. The van der Waals surface area contributed by atoms with Gasteiger partial charge in [0.1, 0.15) is 5.75 Å². The molecule has 6 nitrogen and oxygen atoms in total. The zero-order chi connectivity index (χ0) is 29.8. The van der Waals surface area contributed by atoms with Crippen LogP contribution in [0.25, 0.3) is 6.08 Å². The highest BCUT2D eigenvalue weighted by Crippen LogP contribution is 2.38. The van der Waals surface area contributed by atoms with Gasteiger partial charge in [-0.2, -0.15) is 0 Å². The van der Waals surface area contributed by atoms with Crippen molar-refractivity contribution in [3.8, 4) is 5.75 Å². The number of carbonyl (C=O) groups is 2. The van der Waals surface area contributed by atoms with Crippen LogP contribution < -0.4 is 15.0 Å². The Bertz CT molecular complexity index is 1720. The monoisotopic (exact) mass is 635 g/mol. The minimum absolute atomic E-state index is 0.190. The van der Waals surface area contributed by atoms with Crippen molar-refractivity contribution in [2.24, 2.45) is 4.99 Å². The number of aryl methyl sites for hydroxylation is 2. The summed E-state index contributed by atoms with van der Waals surface area (Å²) in [7, 11) is 0. The largest absolute Gasteiger partial charge is 0.482 e. The van der Waals surface area contributed by atoms with Crippen molar-refractivity contribution in [3.05, 3.63) is 122 Å². The van der Waals surface area contributed by atoms with E-state index < -0.39 is 0 Å². The van der Waals surface area contributed by atoms with Gasteiger partial charge in [0.2, 0.25) is 0 Å². The summed E-state index contributed by atoms with van der Waals surface area (Å²) in [6.45, 7) is 3.74. The standard InChI is InChI=1S/C32H24Cl3N3O3S/c1-19-3-8-22(9-4-19)37-32-38(24-11-5-20(2)6-12-24)31(40)29(42-32)16-21-7-14-28(27(35)15-21)41-18-30(39)36-23-10-13-25(33)26(34)17-23/h3-17H,18H2,1-2H3,(H,36,39)/b29-16+,37-32?. The van der Waals surface area contributed by atoms with Crippen molar-refractivity contribution in [3.63, 3.8) is 0 Å². The molecule has 2 amide bonds. The fourth-order valence-corrected chi connectivity index (χ4v) is 5.53. The molecule has 4 aromatic carbocycles. The molecular weight excluding hydrogens is 613 g/mol. The molecule has 5 rings (SSSR count). The summed E-state index contributed by atoms with van der Waals surface area (Å²) in [5, 5.41) is 4.27. The number of nitrogens with one attached hydrogen (secondary N) is 1. The Labute approximate surface area is 263 Å². The number of rotatable bonds is 7. The third kappa shape index (κ3) is 7.17. The van der Waals surface area contributed by atoms with Crippen LogP contribution in [0.1, 0.15) is 16.7 Å². The van der Waals surface area contributed by atoms with E-state index in [4.69, 9.17) is 44.5 Å². The number of nitrogens with zero attached hydrogens (tertiary/aromatic N) is 2. The number of hydrogen-bond acceptors (Lipinski definition) is 5. The van der Waals surface area contributed by atoms with E-state index >= 15 is 0 Å². The average molecular weight is 637 g/mol. The van der Waals surface area contributed by atoms with Crippen LogP contribution in [0.5, 0.6) is 5.75 Å². The fourth-order valence-electron chi connectivity index (χ4n) is 3.99. The summed E-state index contributed by atoms with van der Waals surface area (Å²) < 4.78 is 5.62. The van der Waals surface area contributed by atoms with Gasteiger partial charge in [-0.3, -0.25) is 14.5 Å². The first-order valence-electron chi connectivity index (χ1n) is 12.8. The number of anilines is 2. The minimum Gasteiger partial charge on any atom is -0.482 e. The number of benzene rings is 4. The Morgan fingerprint density at radius 2 is 1.57 bits per heavy atom. The van der Waals surface area contributed by atoms with E-state index in [2.05, 4.69) is 5.32 Å². The van der Waals surface area contributed by atoms with Gasteiger partial charge in [-0.1, -0.05) is 76.3 Å². The van der Waals surface area contributed by atoms with Gasteiger partial charge in [-0.25, -0.2) is 4.99 Å². The highest BCUT2D eigenvalue weighted by Gasteiger charge is 2.34. The number of aliphatic imine (C=N–C) groups is 1. The van der Waals surface area contributed by atoms with Gasteiger partial charge in [-0.15, -0.1) is 0 Å². The van der Waals surface area contributed by atoms with Crippen molar-refractivity contribution < 1.29 is 14.3 Å². The zero-order valence-electron chi connectivity index (χ0n) is 22.5. The molecule has 0 spiro atoms. The lowest BCUT2D eigenvalue weighted by Gasteiger charge is -2.16. The van der Waals surface area contributed by atoms with Crippen LogP contribution in [0, 0.1) is 13.8 Å². The fraction of sp³-hybridized carbons (Fsp3) is 0.0938. The Morgan fingerprint density at radius 1 is 0.881 bits per heavy atom. The van der Waals surface area contributed by atoms with Crippen LogP contribution in [-0.4, -0.2) is 23.6 Å².